The van der Waals surface area contributed by atoms with Crippen molar-refractivity contribution in [2.24, 2.45) is 0 Å². The Balaban J connectivity index is 4.32. The highest BCUT2D eigenvalue weighted by Gasteiger charge is 2.17. The second kappa shape index (κ2) is 50.4. The molecule has 0 N–H and O–H groups in total. The molecule has 0 aromatic carbocycles. The number of carbonyl (C=O) groups is 2. The molecule has 0 aromatic heterocycles. The summed E-state index contributed by atoms with van der Waals surface area (Å²) in [5.41, 5.74) is 0. The average Bonchev–Trinajstić information content (AvgIpc) is 3.25. The van der Waals surface area contributed by atoms with E-state index in [2.05, 4.69) is 99.8 Å². The lowest BCUT2D eigenvalue weighted by Gasteiger charge is -2.18. The fourth-order valence-electron chi connectivity index (χ4n) is 6.71. The first-order valence-electron chi connectivity index (χ1n) is 25.1. The van der Waals surface area contributed by atoms with Crippen molar-refractivity contribution in [1.82, 2.24) is 0 Å². The normalized spacial score (nSPS) is 12.9. The van der Waals surface area contributed by atoms with Gasteiger partial charge in [0.25, 0.3) is 0 Å². The molecule has 60 heavy (non-hydrogen) atoms. The zero-order valence-electron chi connectivity index (χ0n) is 39.5. The second-order valence-electron chi connectivity index (χ2n) is 16.3. The van der Waals surface area contributed by atoms with Crippen molar-refractivity contribution in [3.8, 4) is 0 Å². The predicted octanol–water partition coefficient (Wildman–Crippen LogP) is 16.9. The van der Waals surface area contributed by atoms with Crippen LogP contribution in [-0.4, -0.2) is 37.9 Å². The molecule has 0 bridgehead atoms. The van der Waals surface area contributed by atoms with Crippen molar-refractivity contribution < 1.29 is 23.8 Å². The number of carbonyl (C=O) groups excluding carboxylic acids is 2. The van der Waals surface area contributed by atoms with E-state index in [1.54, 1.807) is 0 Å². The molecule has 5 nitrogen and oxygen atoms in total. The quantitative estimate of drug-likeness (QED) is 0.0347. The van der Waals surface area contributed by atoms with Gasteiger partial charge in [-0.1, -0.05) is 215 Å². The third-order valence-electron chi connectivity index (χ3n) is 10.4. The molecule has 344 valence electrons. The summed E-state index contributed by atoms with van der Waals surface area (Å²) in [6, 6.07) is 0. The lowest BCUT2D eigenvalue weighted by atomic mass is 10.1. The Labute approximate surface area is 371 Å². The molecule has 1 atom stereocenters. The van der Waals surface area contributed by atoms with Gasteiger partial charge in [-0.2, -0.15) is 0 Å². The Kier molecular flexibility index (Phi) is 48.0. The van der Waals surface area contributed by atoms with Crippen molar-refractivity contribution in [2.75, 3.05) is 19.8 Å². The molecular weight excluding hydrogens is 741 g/mol. The fourth-order valence-corrected chi connectivity index (χ4v) is 6.71. The molecule has 0 aliphatic rings. The minimum absolute atomic E-state index is 0.0414. The van der Waals surface area contributed by atoms with Crippen LogP contribution < -0.4 is 0 Å². The summed E-state index contributed by atoms with van der Waals surface area (Å²) in [6.07, 6.45) is 66.0. The molecule has 0 saturated heterocycles. The van der Waals surface area contributed by atoms with Crippen LogP contribution in [0.5, 0.6) is 0 Å². The van der Waals surface area contributed by atoms with Gasteiger partial charge in [0.05, 0.1) is 6.61 Å². The van der Waals surface area contributed by atoms with E-state index in [0.29, 0.717) is 25.9 Å². The molecule has 0 spiro atoms. The number of hydrogen-bond acceptors (Lipinski definition) is 5. The van der Waals surface area contributed by atoms with Gasteiger partial charge < -0.3 is 14.2 Å². The third kappa shape index (κ3) is 47.8. The molecule has 0 saturated carbocycles. The van der Waals surface area contributed by atoms with Crippen LogP contribution in [-0.2, 0) is 23.8 Å². The lowest BCUT2D eigenvalue weighted by Crippen LogP contribution is -2.30. The van der Waals surface area contributed by atoms with Gasteiger partial charge >= 0.3 is 11.9 Å². The molecule has 0 aliphatic heterocycles. The predicted molar refractivity (Wildman–Crippen MR) is 260 cm³/mol. The Morgan fingerprint density at radius 3 is 1.30 bits per heavy atom. The summed E-state index contributed by atoms with van der Waals surface area (Å²) >= 11 is 0. The highest BCUT2D eigenvalue weighted by atomic mass is 16.6. The van der Waals surface area contributed by atoms with Gasteiger partial charge in [-0.25, -0.2) is 0 Å². The molecule has 0 aromatic rings. The van der Waals surface area contributed by atoms with E-state index < -0.39 is 6.10 Å². The molecule has 0 amide bonds. The number of unbranched alkanes of at least 4 members (excludes halogenated alkanes) is 20. The first kappa shape index (κ1) is 57.1. The first-order chi connectivity index (χ1) is 29.6. The maximum absolute atomic E-state index is 12.7. The SMILES string of the molecule is CC/C=C\C/C=C\C/C=C\C/C=C\CCC(=O)OCC(COCCCCCCCCC/C=C\C/C=C\C/C=C\CCCCC)OC(=O)CCCCCCCCCCCCC. The van der Waals surface area contributed by atoms with E-state index in [0.717, 1.165) is 64.2 Å². The van der Waals surface area contributed by atoms with Crippen LogP contribution in [0, 0.1) is 0 Å². The summed E-state index contributed by atoms with van der Waals surface area (Å²) in [7, 11) is 0. The molecule has 5 heteroatoms. The van der Waals surface area contributed by atoms with E-state index in [1.165, 1.54) is 122 Å². The van der Waals surface area contributed by atoms with Crippen LogP contribution in [0.3, 0.4) is 0 Å². The average molecular weight is 835 g/mol. The zero-order valence-corrected chi connectivity index (χ0v) is 39.5. The van der Waals surface area contributed by atoms with Gasteiger partial charge in [-0.3, -0.25) is 9.59 Å². The molecule has 0 radical (unpaired) electrons. The van der Waals surface area contributed by atoms with Gasteiger partial charge in [0.2, 0.25) is 0 Å². The maximum atomic E-state index is 12.7. The standard InChI is InChI=1S/C55H94O5/c1-4-7-10-13-16-19-22-24-25-26-27-28-29-30-32-35-38-41-44-47-50-58-51-53(60-55(57)49-46-43-40-37-33-21-18-15-12-9-6-3)52-59-54(56)48-45-42-39-36-34-31-23-20-17-14-11-8-5-2/h8,11,16-17,19-20,24-25,27-28,31,34,39,42,53H,4-7,9-10,12-15,18,21-23,26,29-30,32-33,35-38,40-41,43-52H2,1-3H3/b11-8-,19-16-,20-17-,25-24-,28-27-,34-31-,42-39-. The smallest absolute Gasteiger partial charge is 0.306 e. The van der Waals surface area contributed by atoms with Crippen LogP contribution in [0.25, 0.3) is 0 Å². The first-order valence-corrected chi connectivity index (χ1v) is 25.1. The van der Waals surface area contributed by atoms with Crippen LogP contribution in [0.2, 0.25) is 0 Å². The van der Waals surface area contributed by atoms with Gasteiger partial charge in [0, 0.05) is 19.4 Å². The Morgan fingerprint density at radius 2 is 0.783 bits per heavy atom. The van der Waals surface area contributed by atoms with Crippen molar-refractivity contribution in [3.05, 3.63) is 85.1 Å². The molecule has 0 heterocycles. The largest absolute Gasteiger partial charge is 0.462 e. The van der Waals surface area contributed by atoms with Crippen molar-refractivity contribution in [3.63, 3.8) is 0 Å². The summed E-state index contributed by atoms with van der Waals surface area (Å²) in [4.78, 5) is 25.3. The Hall–Kier alpha value is -2.92. The van der Waals surface area contributed by atoms with Gasteiger partial charge in [-0.15, -0.1) is 0 Å². The van der Waals surface area contributed by atoms with Gasteiger partial charge in [-0.05, 0) is 83.5 Å². The maximum Gasteiger partial charge on any atom is 0.306 e. The number of allylic oxidation sites excluding steroid dienone is 14. The Morgan fingerprint density at radius 1 is 0.383 bits per heavy atom. The molecular formula is C55H94O5. The minimum Gasteiger partial charge on any atom is -0.462 e. The van der Waals surface area contributed by atoms with Crippen molar-refractivity contribution in [2.45, 2.75) is 232 Å². The van der Waals surface area contributed by atoms with Gasteiger partial charge in [0.15, 0.2) is 6.10 Å². The third-order valence-corrected chi connectivity index (χ3v) is 10.4. The van der Waals surface area contributed by atoms with Crippen LogP contribution in [0.15, 0.2) is 85.1 Å². The highest BCUT2D eigenvalue weighted by molar-refractivity contribution is 5.70. The summed E-state index contributed by atoms with van der Waals surface area (Å²) in [5, 5.41) is 0. The fraction of sp³-hybridized carbons (Fsp3) is 0.709. The topological polar surface area (TPSA) is 61.8 Å². The number of rotatable bonds is 45. The van der Waals surface area contributed by atoms with Crippen LogP contribution in [0.4, 0.5) is 0 Å². The van der Waals surface area contributed by atoms with E-state index in [1.807, 2.05) is 6.08 Å². The monoisotopic (exact) mass is 835 g/mol. The second-order valence-corrected chi connectivity index (χ2v) is 16.3. The van der Waals surface area contributed by atoms with Crippen molar-refractivity contribution >= 4 is 11.9 Å². The van der Waals surface area contributed by atoms with Crippen molar-refractivity contribution in [1.29, 1.82) is 0 Å². The van der Waals surface area contributed by atoms with E-state index >= 15 is 0 Å². The zero-order chi connectivity index (χ0) is 43.5. The Bertz CT molecular complexity index is 1130. The number of hydrogen-bond donors (Lipinski definition) is 0. The molecule has 0 aliphatic carbocycles. The molecule has 0 fully saturated rings. The summed E-state index contributed by atoms with van der Waals surface area (Å²) in [6.45, 7) is 7.58. The summed E-state index contributed by atoms with van der Waals surface area (Å²) in [5.74, 6) is -0.497. The minimum atomic E-state index is -0.570. The van der Waals surface area contributed by atoms with E-state index in [4.69, 9.17) is 14.2 Å². The van der Waals surface area contributed by atoms with Crippen LogP contribution >= 0.6 is 0 Å². The van der Waals surface area contributed by atoms with E-state index in [-0.39, 0.29) is 25.2 Å². The molecule has 0 rings (SSSR count). The number of esters is 2. The van der Waals surface area contributed by atoms with Gasteiger partial charge in [0.1, 0.15) is 6.61 Å². The summed E-state index contributed by atoms with van der Waals surface area (Å²) < 4.78 is 17.3. The highest BCUT2D eigenvalue weighted by Crippen LogP contribution is 2.14. The number of ether oxygens (including phenoxy) is 3. The van der Waals surface area contributed by atoms with E-state index in [9.17, 15) is 9.59 Å². The molecule has 1 unspecified atom stereocenters. The van der Waals surface area contributed by atoms with Crippen LogP contribution in [0.1, 0.15) is 226 Å². The lowest BCUT2D eigenvalue weighted by molar-refractivity contribution is -0.162.